The second kappa shape index (κ2) is 4.81. The van der Waals surface area contributed by atoms with E-state index in [0.717, 1.165) is 4.90 Å². The molecule has 0 aromatic rings. The van der Waals surface area contributed by atoms with Gasteiger partial charge < -0.3 is 5.11 Å². The molecule has 0 aliphatic rings. The van der Waals surface area contributed by atoms with Gasteiger partial charge in [0, 0.05) is 6.54 Å². The van der Waals surface area contributed by atoms with Crippen molar-refractivity contribution in [3.63, 3.8) is 0 Å². The van der Waals surface area contributed by atoms with Gasteiger partial charge in [-0.15, -0.1) is 0 Å². The molecule has 0 heterocycles. The Hall–Kier alpha value is -0.290. The van der Waals surface area contributed by atoms with Crippen molar-refractivity contribution in [2.24, 2.45) is 5.92 Å². The van der Waals surface area contributed by atoms with E-state index in [2.05, 4.69) is 0 Å². The van der Waals surface area contributed by atoms with E-state index in [1.807, 2.05) is 0 Å². The molecular formula is C8H16F3NO. The van der Waals surface area contributed by atoms with Crippen LogP contribution >= 0.6 is 0 Å². The normalized spacial score (nSPS) is 15.5. The molecule has 80 valence electrons. The number of aliphatic hydroxyl groups is 1. The van der Waals surface area contributed by atoms with E-state index in [1.54, 1.807) is 13.8 Å². The van der Waals surface area contributed by atoms with E-state index in [4.69, 9.17) is 0 Å². The average molecular weight is 199 g/mol. The maximum absolute atomic E-state index is 11.8. The summed E-state index contributed by atoms with van der Waals surface area (Å²) in [4.78, 5) is 1.07. The fourth-order valence-electron chi connectivity index (χ4n) is 0.901. The zero-order valence-corrected chi connectivity index (χ0v) is 8.10. The molecule has 0 radical (unpaired) electrons. The minimum absolute atomic E-state index is 0.0179. The first-order chi connectivity index (χ1) is 5.72. The van der Waals surface area contributed by atoms with Gasteiger partial charge in [0.25, 0.3) is 0 Å². The minimum atomic E-state index is -4.19. The average Bonchev–Trinajstić information content (AvgIpc) is 1.81. The summed E-state index contributed by atoms with van der Waals surface area (Å²) in [7, 11) is 1.35. The summed E-state index contributed by atoms with van der Waals surface area (Å²) in [5.74, 6) is -0.0179. The van der Waals surface area contributed by atoms with Crippen LogP contribution < -0.4 is 0 Å². The van der Waals surface area contributed by atoms with Crippen LogP contribution in [0.4, 0.5) is 13.2 Å². The molecule has 1 atom stereocenters. The molecule has 0 bridgehead atoms. The van der Waals surface area contributed by atoms with Crippen molar-refractivity contribution in [1.29, 1.82) is 0 Å². The molecule has 13 heavy (non-hydrogen) atoms. The van der Waals surface area contributed by atoms with E-state index in [9.17, 15) is 18.3 Å². The number of rotatable bonds is 4. The lowest BCUT2D eigenvalue weighted by molar-refractivity contribution is -0.145. The van der Waals surface area contributed by atoms with Crippen molar-refractivity contribution in [2.75, 3.05) is 20.1 Å². The lowest BCUT2D eigenvalue weighted by Gasteiger charge is -2.23. The number of halogens is 3. The smallest absolute Gasteiger partial charge is 0.392 e. The van der Waals surface area contributed by atoms with Crippen molar-refractivity contribution in [1.82, 2.24) is 4.90 Å². The second-order valence-corrected chi connectivity index (χ2v) is 3.62. The molecule has 0 saturated heterocycles. The number of likely N-dealkylation sites (N-methyl/N-ethyl adjacent to an activating group) is 1. The Morgan fingerprint density at radius 2 is 1.77 bits per heavy atom. The molecule has 0 aliphatic heterocycles. The highest BCUT2D eigenvalue weighted by molar-refractivity contribution is 4.66. The van der Waals surface area contributed by atoms with Gasteiger partial charge in [-0.1, -0.05) is 13.8 Å². The van der Waals surface area contributed by atoms with Crippen molar-refractivity contribution < 1.29 is 18.3 Å². The molecular weight excluding hydrogens is 183 g/mol. The third-order valence-corrected chi connectivity index (χ3v) is 1.72. The van der Waals surface area contributed by atoms with Gasteiger partial charge in [-0.05, 0) is 13.0 Å². The molecule has 5 heteroatoms. The number of nitrogens with zero attached hydrogens (tertiary/aromatic N) is 1. The van der Waals surface area contributed by atoms with Crippen LogP contribution in [0, 0.1) is 5.92 Å². The third-order valence-electron chi connectivity index (χ3n) is 1.72. The quantitative estimate of drug-likeness (QED) is 0.741. The first-order valence-corrected chi connectivity index (χ1v) is 4.15. The summed E-state index contributed by atoms with van der Waals surface area (Å²) in [5, 5.41) is 9.28. The van der Waals surface area contributed by atoms with E-state index < -0.39 is 18.8 Å². The fraction of sp³-hybridized carbons (Fsp3) is 1.00. The monoisotopic (exact) mass is 199 g/mol. The molecule has 0 rings (SSSR count). The highest BCUT2D eigenvalue weighted by Gasteiger charge is 2.29. The lowest BCUT2D eigenvalue weighted by Crippen LogP contribution is -2.38. The first-order valence-electron chi connectivity index (χ1n) is 4.15. The Morgan fingerprint density at radius 1 is 1.31 bits per heavy atom. The van der Waals surface area contributed by atoms with Gasteiger partial charge in [0.1, 0.15) is 0 Å². The minimum Gasteiger partial charge on any atom is -0.392 e. The Labute approximate surface area is 76.3 Å². The Morgan fingerprint density at radius 3 is 2.08 bits per heavy atom. The van der Waals surface area contributed by atoms with Crippen LogP contribution in [0.2, 0.25) is 0 Å². The van der Waals surface area contributed by atoms with Crippen LogP contribution in [0.1, 0.15) is 13.8 Å². The second-order valence-electron chi connectivity index (χ2n) is 3.62. The van der Waals surface area contributed by atoms with Crippen LogP contribution in [-0.4, -0.2) is 42.4 Å². The molecule has 0 amide bonds. The first kappa shape index (κ1) is 12.7. The van der Waals surface area contributed by atoms with E-state index in [1.165, 1.54) is 7.05 Å². The van der Waals surface area contributed by atoms with Crippen LogP contribution in [-0.2, 0) is 0 Å². The summed E-state index contributed by atoms with van der Waals surface area (Å²) in [6.07, 6.45) is -4.89. The third kappa shape index (κ3) is 6.83. The van der Waals surface area contributed by atoms with E-state index in [-0.39, 0.29) is 12.5 Å². The predicted molar refractivity (Wildman–Crippen MR) is 44.4 cm³/mol. The Balaban J connectivity index is 3.81. The number of aliphatic hydroxyl groups excluding tert-OH is 1. The van der Waals surface area contributed by atoms with Crippen molar-refractivity contribution in [2.45, 2.75) is 26.1 Å². The summed E-state index contributed by atoms with van der Waals surface area (Å²) < 4.78 is 35.5. The molecule has 0 spiro atoms. The predicted octanol–water partition coefficient (Wildman–Crippen LogP) is 1.50. The van der Waals surface area contributed by atoms with Gasteiger partial charge in [0.15, 0.2) is 0 Å². The zero-order valence-electron chi connectivity index (χ0n) is 8.10. The summed E-state index contributed by atoms with van der Waals surface area (Å²) in [6.45, 7) is 2.62. The largest absolute Gasteiger partial charge is 0.401 e. The number of hydrogen-bond donors (Lipinski definition) is 1. The van der Waals surface area contributed by atoms with Crippen molar-refractivity contribution in [3.8, 4) is 0 Å². The topological polar surface area (TPSA) is 23.5 Å². The number of hydrogen-bond acceptors (Lipinski definition) is 2. The van der Waals surface area contributed by atoms with Gasteiger partial charge in [0.2, 0.25) is 0 Å². The van der Waals surface area contributed by atoms with Gasteiger partial charge in [-0.3, -0.25) is 4.90 Å². The SMILES string of the molecule is CC(C)C(O)CN(C)CC(F)(F)F. The molecule has 0 saturated carbocycles. The summed E-state index contributed by atoms with van der Waals surface area (Å²) in [6, 6.07) is 0. The Bertz CT molecular complexity index is 147. The number of alkyl halides is 3. The molecule has 2 nitrogen and oxygen atoms in total. The van der Waals surface area contributed by atoms with Crippen molar-refractivity contribution >= 4 is 0 Å². The van der Waals surface area contributed by atoms with Crippen LogP contribution in [0.25, 0.3) is 0 Å². The maximum Gasteiger partial charge on any atom is 0.401 e. The Kier molecular flexibility index (Phi) is 4.70. The van der Waals surface area contributed by atoms with Crippen molar-refractivity contribution in [3.05, 3.63) is 0 Å². The molecule has 1 N–H and O–H groups in total. The molecule has 1 unspecified atom stereocenters. The summed E-state index contributed by atoms with van der Waals surface area (Å²) in [5.41, 5.74) is 0. The van der Waals surface area contributed by atoms with Gasteiger partial charge >= 0.3 is 6.18 Å². The molecule has 0 aromatic heterocycles. The standard InChI is InChI=1S/C8H16F3NO/c1-6(2)7(13)4-12(3)5-8(9,10)11/h6-7,13H,4-5H2,1-3H3. The highest BCUT2D eigenvalue weighted by Crippen LogP contribution is 2.16. The van der Waals surface area contributed by atoms with Crippen LogP contribution in [0.15, 0.2) is 0 Å². The molecule has 0 fully saturated rings. The van der Waals surface area contributed by atoms with E-state index in [0.29, 0.717) is 0 Å². The fourth-order valence-corrected chi connectivity index (χ4v) is 0.901. The maximum atomic E-state index is 11.8. The highest BCUT2D eigenvalue weighted by atomic mass is 19.4. The summed E-state index contributed by atoms with van der Waals surface area (Å²) >= 11 is 0. The lowest BCUT2D eigenvalue weighted by atomic mass is 10.1. The van der Waals surface area contributed by atoms with Gasteiger partial charge in [-0.2, -0.15) is 13.2 Å². The zero-order chi connectivity index (χ0) is 10.6. The van der Waals surface area contributed by atoms with E-state index >= 15 is 0 Å². The molecule has 0 aliphatic carbocycles. The van der Waals surface area contributed by atoms with Crippen LogP contribution in [0.5, 0.6) is 0 Å². The van der Waals surface area contributed by atoms with Gasteiger partial charge in [-0.25, -0.2) is 0 Å². The van der Waals surface area contributed by atoms with Gasteiger partial charge in [0.05, 0.1) is 12.6 Å². The molecule has 0 aromatic carbocycles. The van der Waals surface area contributed by atoms with Crippen LogP contribution in [0.3, 0.4) is 0 Å².